The molecule has 9 nitrogen and oxygen atoms in total. The summed E-state index contributed by atoms with van der Waals surface area (Å²) >= 11 is 1.45. The molecular formula is C25H23N5O4S. The lowest BCUT2D eigenvalue weighted by molar-refractivity contribution is -0.125. The Morgan fingerprint density at radius 2 is 1.91 bits per heavy atom. The van der Waals surface area contributed by atoms with Crippen LogP contribution in [0.4, 0.5) is 15.5 Å². The van der Waals surface area contributed by atoms with Crippen LogP contribution in [0.3, 0.4) is 0 Å². The number of urea groups is 1. The lowest BCUT2D eigenvalue weighted by Gasteiger charge is -2.15. The van der Waals surface area contributed by atoms with Crippen LogP contribution < -0.4 is 16.0 Å². The fourth-order valence-corrected chi connectivity index (χ4v) is 5.59. The van der Waals surface area contributed by atoms with Crippen molar-refractivity contribution in [1.29, 1.82) is 0 Å². The van der Waals surface area contributed by atoms with Crippen molar-refractivity contribution in [2.45, 2.75) is 32.2 Å². The third kappa shape index (κ3) is 4.78. The summed E-state index contributed by atoms with van der Waals surface area (Å²) in [6, 6.07) is 9.98. The largest absolute Gasteiger partial charge is 0.329 e. The van der Waals surface area contributed by atoms with Crippen LogP contribution in [0.25, 0.3) is 0 Å². The highest BCUT2D eigenvalue weighted by atomic mass is 32.1. The number of amides is 5. The van der Waals surface area contributed by atoms with Crippen LogP contribution in [-0.2, 0) is 24.2 Å². The summed E-state index contributed by atoms with van der Waals surface area (Å²) in [6.07, 6.45) is 6.78. The van der Waals surface area contributed by atoms with E-state index in [2.05, 4.69) is 20.9 Å². The highest BCUT2D eigenvalue weighted by Gasteiger charge is 2.29. The zero-order valence-corrected chi connectivity index (χ0v) is 19.6. The van der Waals surface area contributed by atoms with E-state index in [4.69, 9.17) is 0 Å². The molecule has 10 heteroatoms. The lowest BCUT2D eigenvalue weighted by Crippen LogP contribution is -2.30. The number of fused-ring (bicyclic) bond motifs is 1. The van der Waals surface area contributed by atoms with Gasteiger partial charge in [-0.25, -0.2) is 4.79 Å². The zero-order chi connectivity index (χ0) is 24.4. The molecule has 5 amide bonds. The number of aromatic nitrogens is 1. The van der Waals surface area contributed by atoms with Gasteiger partial charge in [0.25, 0.3) is 11.8 Å². The Morgan fingerprint density at radius 3 is 2.69 bits per heavy atom. The van der Waals surface area contributed by atoms with Crippen LogP contribution in [0.5, 0.6) is 0 Å². The van der Waals surface area contributed by atoms with Gasteiger partial charge in [0.2, 0.25) is 5.91 Å². The van der Waals surface area contributed by atoms with E-state index < -0.39 is 6.03 Å². The average Bonchev–Trinajstić information content (AvgIpc) is 3.39. The summed E-state index contributed by atoms with van der Waals surface area (Å²) < 4.78 is 0. The second-order valence-electron chi connectivity index (χ2n) is 8.40. The Kier molecular flexibility index (Phi) is 6.28. The van der Waals surface area contributed by atoms with Crippen LogP contribution in [0.1, 0.15) is 49.6 Å². The molecule has 0 spiro atoms. The Labute approximate surface area is 205 Å². The van der Waals surface area contributed by atoms with Crippen molar-refractivity contribution >= 4 is 45.8 Å². The number of pyridine rings is 1. The molecule has 1 saturated heterocycles. The number of nitrogens with one attached hydrogen (secondary N) is 3. The number of carbonyl (C=O) groups is 4. The molecule has 35 heavy (non-hydrogen) atoms. The van der Waals surface area contributed by atoms with E-state index in [9.17, 15) is 19.2 Å². The number of imide groups is 1. The van der Waals surface area contributed by atoms with E-state index in [0.29, 0.717) is 27.4 Å². The summed E-state index contributed by atoms with van der Waals surface area (Å²) in [5.74, 6) is -0.914. The van der Waals surface area contributed by atoms with E-state index in [0.717, 1.165) is 41.0 Å². The molecule has 0 radical (unpaired) electrons. The molecule has 0 bridgehead atoms. The van der Waals surface area contributed by atoms with Crippen molar-refractivity contribution in [3.63, 3.8) is 0 Å². The maximum atomic E-state index is 13.4. The van der Waals surface area contributed by atoms with Gasteiger partial charge < -0.3 is 16.0 Å². The molecule has 1 aromatic carbocycles. The molecule has 5 rings (SSSR count). The molecule has 1 aliphatic heterocycles. The number of rotatable bonds is 6. The highest BCUT2D eigenvalue weighted by Crippen LogP contribution is 2.38. The van der Waals surface area contributed by atoms with Crippen LogP contribution >= 0.6 is 11.3 Å². The first-order valence-corrected chi connectivity index (χ1v) is 12.2. The van der Waals surface area contributed by atoms with Gasteiger partial charge in [-0.1, -0.05) is 12.1 Å². The van der Waals surface area contributed by atoms with Crippen molar-refractivity contribution in [3.8, 4) is 0 Å². The van der Waals surface area contributed by atoms with Crippen molar-refractivity contribution < 1.29 is 19.2 Å². The number of aryl methyl sites for hydroxylation is 1. The molecule has 2 aromatic heterocycles. The van der Waals surface area contributed by atoms with E-state index >= 15 is 0 Å². The van der Waals surface area contributed by atoms with E-state index in [1.165, 1.54) is 17.5 Å². The summed E-state index contributed by atoms with van der Waals surface area (Å²) in [5, 5.41) is 8.87. The van der Waals surface area contributed by atoms with E-state index in [1.807, 2.05) is 0 Å². The van der Waals surface area contributed by atoms with Crippen molar-refractivity contribution in [1.82, 2.24) is 15.2 Å². The van der Waals surface area contributed by atoms with Gasteiger partial charge in [-0.05, 0) is 61.1 Å². The molecule has 3 heterocycles. The van der Waals surface area contributed by atoms with Gasteiger partial charge in [0.15, 0.2) is 0 Å². The van der Waals surface area contributed by atoms with Gasteiger partial charge in [-0.15, -0.1) is 11.3 Å². The van der Waals surface area contributed by atoms with Gasteiger partial charge in [-0.3, -0.25) is 24.3 Å². The van der Waals surface area contributed by atoms with Gasteiger partial charge in [0.05, 0.1) is 24.2 Å². The Morgan fingerprint density at radius 1 is 1.06 bits per heavy atom. The number of thiophene rings is 1. The number of hydrogen-bond acceptors (Lipinski definition) is 6. The van der Waals surface area contributed by atoms with Crippen LogP contribution in [0, 0.1) is 0 Å². The minimum Gasteiger partial charge on any atom is -0.329 e. The molecule has 1 fully saturated rings. The molecule has 3 N–H and O–H groups in total. The number of anilines is 2. The fourth-order valence-electron chi connectivity index (χ4n) is 4.31. The SMILES string of the molecule is O=C(Nc1sc2c(c1C(=O)Nc1cccc(CN3C(=O)CNC3=O)c1)CCCC2)c1cccnc1. The first kappa shape index (κ1) is 22.7. The van der Waals surface area contributed by atoms with Gasteiger partial charge >= 0.3 is 6.03 Å². The Balaban J connectivity index is 1.38. The Bertz CT molecular complexity index is 1300. The first-order valence-electron chi connectivity index (χ1n) is 11.3. The fraction of sp³-hybridized carbons (Fsp3) is 0.240. The summed E-state index contributed by atoms with van der Waals surface area (Å²) in [7, 11) is 0. The quantitative estimate of drug-likeness (QED) is 0.457. The lowest BCUT2D eigenvalue weighted by atomic mass is 9.95. The third-order valence-electron chi connectivity index (χ3n) is 6.01. The smallest absolute Gasteiger partial charge is 0.324 e. The maximum absolute atomic E-state index is 13.4. The zero-order valence-electron chi connectivity index (χ0n) is 18.8. The minimum atomic E-state index is -0.427. The molecule has 3 aromatic rings. The topological polar surface area (TPSA) is 121 Å². The maximum Gasteiger partial charge on any atom is 0.324 e. The molecule has 178 valence electrons. The van der Waals surface area contributed by atoms with Crippen molar-refractivity contribution in [3.05, 3.63) is 75.9 Å². The Hall–Kier alpha value is -4.05. The van der Waals surface area contributed by atoms with Crippen molar-refractivity contribution in [2.75, 3.05) is 17.2 Å². The second kappa shape index (κ2) is 9.67. The highest BCUT2D eigenvalue weighted by molar-refractivity contribution is 7.17. The van der Waals surface area contributed by atoms with Crippen LogP contribution in [-0.4, -0.2) is 40.2 Å². The standard InChI is InChI=1S/C25H23N5O4S/c31-20-13-27-25(34)30(20)14-15-5-3-7-17(11-15)28-23(33)21-18-8-1-2-9-19(18)35-24(21)29-22(32)16-6-4-10-26-12-16/h3-7,10-12H,1-2,8-9,13-14H2,(H,27,34)(H,28,33)(H,29,32). The molecule has 2 aliphatic rings. The summed E-state index contributed by atoms with van der Waals surface area (Å²) in [6.45, 7) is 0.112. The summed E-state index contributed by atoms with van der Waals surface area (Å²) in [4.78, 5) is 56.3. The van der Waals surface area contributed by atoms with E-state index in [-0.39, 0.29) is 30.8 Å². The second-order valence-corrected chi connectivity index (χ2v) is 9.51. The molecule has 0 saturated carbocycles. The normalized spacial score (nSPS) is 14.9. The molecule has 0 atom stereocenters. The van der Waals surface area contributed by atoms with E-state index in [1.54, 1.807) is 42.6 Å². The predicted octanol–water partition coefficient (Wildman–Crippen LogP) is 3.58. The minimum absolute atomic E-state index is 0.00787. The molecule has 1 aliphatic carbocycles. The average molecular weight is 490 g/mol. The van der Waals surface area contributed by atoms with Crippen LogP contribution in [0.15, 0.2) is 48.8 Å². The molecular weight excluding hydrogens is 466 g/mol. The summed E-state index contributed by atoms with van der Waals surface area (Å²) in [5.41, 5.74) is 3.14. The monoisotopic (exact) mass is 489 g/mol. The molecule has 0 unspecified atom stereocenters. The third-order valence-corrected chi connectivity index (χ3v) is 7.22. The number of hydrogen-bond donors (Lipinski definition) is 3. The van der Waals surface area contributed by atoms with Gasteiger partial charge in [0, 0.05) is 23.0 Å². The van der Waals surface area contributed by atoms with Crippen LogP contribution in [0.2, 0.25) is 0 Å². The van der Waals surface area contributed by atoms with Gasteiger partial charge in [0.1, 0.15) is 5.00 Å². The number of carbonyl (C=O) groups excluding carboxylic acids is 4. The first-order chi connectivity index (χ1) is 17.0. The number of nitrogens with zero attached hydrogens (tertiary/aromatic N) is 2. The van der Waals surface area contributed by atoms with Gasteiger partial charge in [-0.2, -0.15) is 0 Å². The predicted molar refractivity (Wildman–Crippen MR) is 131 cm³/mol. The van der Waals surface area contributed by atoms with Crippen molar-refractivity contribution in [2.24, 2.45) is 0 Å². The number of benzene rings is 1.